The molecule has 6 heteroatoms. The van der Waals surface area contributed by atoms with Gasteiger partial charge in [0.25, 0.3) is 11.8 Å². The Balaban J connectivity index is 1.79. The summed E-state index contributed by atoms with van der Waals surface area (Å²) in [7, 11) is 0. The number of anilines is 2. The topological polar surface area (TPSA) is 82.4 Å². The van der Waals surface area contributed by atoms with Gasteiger partial charge in [-0.2, -0.15) is 5.26 Å². The molecule has 0 aliphatic carbocycles. The number of carbonyl (C=O) groups is 2. The number of imide groups is 1. The number of hydrogen-bond donors (Lipinski definition) is 1. The lowest BCUT2D eigenvalue weighted by Crippen LogP contribution is -2.32. The number of nitrogens with one attached hydrogen (secondary N) is 1. The Morgan fingerprint density at radius 2 is 1.50 bits per heavy atom. The van der Waals surface area contributed by atoms with Crippen LogP contribution in [0.2, 0.25) is 0 Å². The SMILES string of the molecule is Cc1cc(C)cc(NC2=C(c3ccc(OC(C)C)cc3)C(=O)N(c3ccc(C#N)cc3)C2=O)c1. The van der Waals surface area contributed by atoms with Crippen LogP contribution in [0.5, 0.6) is 5.75 Å². The van der Waals surface area contributed by atoms with Crippen molar-refractivity contribution in [3.05, 3.63) is 94.7 Å². The van der Waals surface area contributed by atoms with Crippen molar-refractivity contribution in [2.75, 3.05) is 10.2 Å². The van der Waals surface area contributed by atoms with E-state index in [1.807, 2.05) is 52.0 Å². The van der Waals surface area contributed by atoms with Crippen molar-refractivity contribution in [1.29, 1.82) is 5.26 Å². The summed E-state index contributed by atoms with van der Waals surface area (Å²) in [5.74, 6) is -0.200. The highest BCUT2D eigenvalue weighted by Crippen LogP contribution is 2.34. The monoisotopic (exact) mass is 451 g/mol. The van der Waals surface area contributed by atoms with Crippen molar-refractivity contribution in [2.45, 2.75) is 33.8 Å². The van der Waals surface area contributed by atoms with Gasteiger partial charge in [-0.15, -0.1) is 0 Å². The second-order valence-corrected chi connectivity index (χ2v) is 8.55. The number of hydrogen-bond acceptors (Lipinski definition) is 5. The number of aryl methyl sites for hydroxylation is 2. The van der Waals surface area contributed by atoms with E-state index in [0.29, 0.717) is 22.6 Å². The highest BCUT2D eigenvalue weighted by Gasteiger charge is 2.40. The van der Waals surface area contributed by atoms with Crippen LogP contribution in [-0.2, 0) is 9.59 Å². The maximum absolute atomic E-state index is 13.6. The number of ether oxygens (including phenoxy) is 1. The van der Waals surface area contributed by atoms with Gasteiger partial charge < -0.3 is 10.1 Å². The highest BCUT2D eigenvalue weighted by atomic mass is 16.5. The molecule has 0 fully saturated rings. The van der Waals surface area contributed by atoms with Crippen LogP contribution in [0, 0.1) is 25.2 Å². The molecule has 2 amide bonds. The molecule has 1 N–H and O–H groups in total. The first-order chi connectivity index (χ1) is 16.3. The molecule has 1 aliphatic heterocycles. The summed E-state index contributed by atoms with van der Waals surface area (Å²) < 4.78 is 5.72. The largest absolute Gasteiger partial charge is 0.491 e. The van der Waals surface area contributed by atoms with E-state index in [0.717, 1.165) is 21.7 Å². The second kappa shape index (κ2) is 9.24. The third kappa shape index (κ3) is 4.55. The molecule has 4 rings (SSSR count). The van der Waals surface area contributed by atoms with Gasteiger partial charge in [0.15, 0.2) is 0 Å². The number of rotatable bonds is 6. The molecule has 1 aliphatic rings. The minimum absolute atomic E-state index is 0.0217. The summed E-state index contributed by atoms with van der Waals surface area (Å²) in [5.41, 5.74) is 4.77. The number of nitriles is 1. The first-order valence-corrected chi connectivity index (χ1v) is 11.0. The summed E-state index contributed by atoms with van der Waals surface area (Å²) >= 11 is 0. The highest BCUT2D eigenvalue weighted by molar-refractivity contribution is 6.46. The fourth-order valence-corrected chi connectivity index (χ4v) is 4.00. The van der Waals surface area contributed by atoms with E-state index < -0.39 is 11.8 Å². The molecular weight excluding hydrogens is 426 g/mol. The third-order valence-corrected chi connectivity index (χ3v) is 5.34. The number of carbonyl (C=O) groups excluding carboxylic acids is 2. The standard InChI is InChI=1S/C28H25N3O3/c1-17(2)34-24-11-7-21(8-12-24)25-26(30-22-14-18(3)13-19(4)15-22)28(33)31(27(25)32)23-9-5-20(16-29)6-10-23/h5-15,17,30H,1-4H3. The summed E-state index contributed by atoms with van der Waals surface area (Å²) in [4.78, 5) is 28.3. The van der Waals surface area contributed by atoms with Crippen LogP contribution in [0.3, 0.4) is 0 Å². The molecule has 170 valence electrons. The molecule has 0 radical (unpaired) electrons. The van der Waals surface area contributed by atoms with E-state index in [9.17, 15) is 9.59 Å². The molecular formula is C28H25N3O3. The molecule has 0 spiro atoms. The Morgan fingerprint density at radius 3 is 2.06 bits per heavy atom. The average Bonchev–Trinajstić information content (AvgIpc) is 3.03. The van der Waals surface area contributed by atoms with E-state index in [1.165, 1.54) is 0 Å². The summed E-state index contributed by atoms with van der Waals surface area (Å²) in [6, 6.07) is 21.5. The van der Waals surface area contributed by atoms with Crippen molar-refractivity contribution in [3.8, 4) is 11.8 Å². The van der Waals surface area contributed by atoms with Crippen molar-refractivity contribution >= 4 is 28.8 Å². The van der Waals surface area contributed by atoms with Crippen LogP contribution in [0.15, 0.2) is 72.4 Å². The van der Waals surface area contributed by atoms with Gasteiger partial charge >= 0.3 is 0 Å². The predicted molar refractivity (Wildman–Crippen MR) is 132 cm³/mol. The number of benzene rings is 3. The van der Waals surface area contributed by atoms with E-state index in [-0.39, 0.29) is 17.4 Å². The molecule has 3 aromatic carbocycles. The van der Waals surface area contributed by atoms with E-state index in [4.69, 9.17) is 10.00 Å². The Kier molecular flexibility index (Phi) is 6.20. The van der Waals surface area contributed by atoms with Crippen LogP contribution in [0.4, 0.5) is 11.4 Å². The molecule has 0 atom stereocenters. The quantitative estimate of drug-likeness (QED) is 0.510. The second-order valence-electron chi connectivity index (χ2n) is 8.55. The lowest BCUT2D eigenvalue weighted by atomic mass is 10.0. The minimum atomic E-state index is -0.452. The van der Waals surface area contributed by atoms with Gasteiger partial charge in [0.1, 0.15) is 11.4 Å². The van der Waals surface area contributed by atoms with Gasteiger partial charge in [0, 0.05) is 5.69 Å². The Labute approximate surface area is 199 Å². The van der Waals surface area contributed by atoms with E-state index >= 15 is 0 Å². The Morgan fingerprint density at radius 1 is 0.882 bits per heavy atom. The minimum Gasteiger partial charge on any atom is -0.491 e. The van der Waals surface area contributed by atoms with Gasteiger partial charge in [0.05, 0.1) is 29.0 Å². The van der Waals surface area contributed by atoms with Crippen LogP contribution in [0.1, 0.15) is 36.1 Å². The fraction of sp³-hybridized carbons (Fsp3) is 0.179. The molecule has 0 bridgehead atoms. The smallest absolute Gasteiger partial charge is 0.282 e. The van der Waals surface area contributed by atoms with Crippen LogP contribution >= 0.6 is 0 Å². The van der Waals surface area contributed by atoms with Crippen LogP contribution < -0.4 is 15.0 Å². The zero-order chi connectivity index (χ0) is 24.4. The normalized spacial score (nSPS) is 13.5. The average molecular weight is 452 g/mol. The van der Waals surface area contributed by atoms with Gasteiger partial charge in [-0.1, -0.05) is 18.2 Å². The molecule has 0 saturated carbocycles. The van der Waals surface area contributed by atoms with Crippen LogP contribution in [-0.4, -0.2) is 17.9 Å². The molecule has 0 aromatic heterocycles. The summed E-state index contributed by atoms with van der Waals surface area (Å²) in [6.07, 6.45) is 0.0217. The maximum Gasteiger partial charge on any atom is 0.282 e. The molecule has 0 saturated heterocycles. The maximum atomic E-state index is 13.6. The summed E-state index contributed by atoms with van der Waals surface area (Å²) in [5, 5.41) is 12.3. The summed E-state index contributed by atoms with van der Waals surface area (Å²) in [6.45, 7) is 7.84. The molecule has 3 aromatic rings. The predicted octanol–water partition coefficient (Wildman–Crippen LogP) is 5.36. The molecule has 1 heterocycles. The van der Waals surface area contributed by atoms with Gasteiger partial charge in [0.2, 0.25) is 0 Å². The van der Waals surface area contributed by atoms with Crippen molar-refractivity contribution in [3.63, 3.8) is 0 Å². The zero-order valence-corrected chi connectivity index (χ0v) is 19.5. The molecule has 0 unspecified atom stereocenters. The van der Waals surface area contributed by atoms with E-state index in [2.05, 4.69) is 5.32 Å². The molecule has 6 nitrogen and oxygen atoms in total. The van der Waals surface area contributed by atoms with Crippen molar-refractivity contribution < 1.29 is 14.3 Å². The van der Waals surface area contributed by atoms with E-state index in [1.54, 1.807) is 48.5 Å². The Hall–Kier alpha value is -4.37. The van der Waals surface area contributed by atoms with Gasteiger partial charge in [-0.05, 0) is 92.9 Å². The molecule has 34 heavy (non-hydrogen) atoms. The van der Waals surface area contributed by atoms with Crippen LogP contribution in [0.25, 0.3) is 5.57 Å². The first kappa shape index (κ1) is 22.8. The number of nitrogens with zero attached hydrogens (tertiary/aromatic N) is 2. The lowest BCUT2D eigenvalue weighted by Gasteiger charge is -2.15. The first-order valence-electron chi connectivity index (χ1n) is 11.0. The third-order valence-electron chi connectivity index (χ3n) is 5.34. The van der Waals surface area contributed by atoms with Gasteiger partial charge in [-0.3, -0.25) is 9.59 Å². The lowest BCUT2D eigenvalue weighted by molar-refractivity contribution is -0.120. The fourth-order valence-electron chi connectivity index (χ4n) is 4.00. The number of amides is 2. The zero-order valence-electron chi connectivity index (χ0n) is 19.5. The van der Waals surface area contributed by atoms with Crippen molar-refractivity contribution in [1.82, 2.24) is 0 Å². The van der Waals surface area contributed by atoms with Crippen molar-refractivity contribution in [2.24, 2.45) is 0 Å². The van der Waals surface area contributed by atoms with Gasteiger partial charge in [-0.25, -0.2) is 4.90 Å². The Bertz CT molecular complexity index is 1310.